The lowest BCUT2D eigenvalue weighted by atomic mass is 10.1. The Bertz CT molecular complexity index is 602. The Morgan fingerprint density at radius 3 is 3.00 bits per heavy atom. The van der Waals surface area contributed by atoms with Gasteiger partial charge in [-0.05, 0) is 18.2 Å². The van der Waals surface area contributed by atoms with Crippen LogP contribution in [0.25, 0.3) is 0 Å². The number of nitrogens with two attached hydrogens (primary N) is 1. The van der Waals surface area contributed by atoms with Crippen molar-refractivity contribution in [1.82, 2.24) is 9.97 Å². The second-order valence-corrected chi connectivity index (χ2v) is 4.96. The van der Waals surface area contributed by atoms with Gasteiger partial charge in [-0.1, -0.05) is 17.8 Å². The minimum atomic E-state index is -0.557. The van der Waals surface area contributed by atoms with Gasteiger partial charge >= 0.3 is 0 Å². The van der Waals surface area contributed by atoms with Crippen LogP contribution in [0.5, 0.6) is 0 Å². The van der Waals surface area contributed by atoms with Crippen LogP contribution in [0.15, 0.2) is 46.7 Å². The van der Waals surface area contributed by atoms with Crippen LogP contribution in [0.3, 0.4) is 0 Å². The number of carbonyl (C=O) groups is 1. The van der Waals surface area contributed by atoms with E-state index in [4.69, 9.17) is 5.73 Å². The van der Waals surface area contributed by atoms with Crippen LogP contribution in [-0.4, -0.2) is 15.9 Å². The zero-order valence-corrected chi connectivity index (χ0v) is 10.1. The molecule has 6 heteroatoms. The molecule has 3 N–H and O–H groups in total. The first kappa shape index (κ1) is 11.2. The molecule has 0 spiro atoms. The van der Waals surface area contributed by atoms with E-state index in [0.717, 1.165) is 21.2 Å². The molecule has 0 bridgehead atoms. The second kappa shape index (κ2) is 4.40. The molecular formula is C12H10N4OS. The minimum Gasteiger partial charge on any atom is -0.324 e. The van der Waals surface area contributed by atoms with Crippen molar-refractivity contribution in [3.63, 3.8) is 0 Å². The highest BCUT2D eigenvalue weighted by Gasteiger charge is 2.26. The van der Waals surface area contributed by atoms with Gasteiger partial charge in [0, 0.05) is 22.3 Å². The molecule has 0 fully saturated rings. The number of aromatic nitrogens is 2. The molecular weight excluding hydrogens is 248 g/mol. The fraction of sp³-hybridized carbons (Fsp3) is 0.0833. The van der Waals surface area contributed by atoms with E-state index in [2.05, 4.69) is 15.3 Å². The van der Waals surface area contributed by atoms with Crippen molar-refractivity contribution < 1.29 is 4.79 Å². The number of nitrogens with zero attached hydrogens (tertiary/aromatic N) is 2. The SMILES string of the molecule is NC1C(=O)Nc2cc(Sc3ccncn3)ccc21. The minimum absolute atomic E-state index is 0.158. The quantitative estimate of drug-likeness (QED) is 0.799. The van der Waals surface area contributed by atoms with Gasteiger partial charge in [-0.3, -0.25) is 4.79 Å². The van der Waals surface area contributed by atoms with E-state index in [1.54, 1.807) is 6.20 Å². The van der Waals surface area contributed by atoms with Crippen molar-refractivity contribution in [1.29, 1.82) is 0 Å². The Balaban J connectivity index is 1.88. The van der Waals surface area contributed by atoms with E-state index < -0.39 is 6.04 Å². The zero-order valence-electron chi connectivity index (χ0n) is 9.33. The lowest BCUT2D eigenvalue weighted by Gasteiger charge is -2.04. The molecule has 0 saturated heterocycles. The largest absolute Gasteiger partial charge is 0.324 e. The summed E-state index contributed by atoms with van der Waals surface area (Å²) in [5.41, 5.74) is 7.38. The molecule has 1 aromatic heterocycles. The fourth-order valence-electron chi connectivity index (χ4n) is 1.79. The lowest BCUT2D eigenvalue weighted by molar-refractivity contribution is -0.116. The molecule has 90 valence electrons. The highest BCUT2D eigenvalue weighted by atomic mass is 32.2. The van der Waals surface area contributed by atoms with Crippen molar-refractivity contribution in [2.45, 2.75) is 16.0 Å². The number of nitrogens with one attached hydrogen (secondary N) is 1. The van der Waals surface area contributed by atoms with E-state index in [1.807, 2.05) is 24.3 Å². The third-order valence-electron chi connectivity index (χ3n) is 2.68. The first-order valence-electron chi connectivity index (χ1n) is 5.38. The number of rotatable bonds is 2. The Morgan fingerprint density at radius 2 is 2.22 bits per heavy atom. The maximum absolute atomic E-state index is 11.4. The summed E-state index contributed by atoms with van der Waals surface area (Å²) < 4.78 is 0. The third-order valence-corrected chi connectivity index (χ3v) is 3.62. The molecule has 2 aromatic rings. The number of hydrogen-bond donors (Lipinski definition) is 2. The molecule has 1 atom stereocenters. The van der Waals surface area contributed by atoms with Crippen LogP contribution in [0, 0.1) is 0 Å². The molecule has 0 radical (unpaired) electrons. The Hall–Kier alpha value is -1.92. The van der Waals surface area contributed by atoms with E-state index >= 15 is 0 Å². The van der Waals surface area contributed by atoms with E-state index in [9.17, 15) is 4.79 Å². The number of benzene rings is 1. The van der Waals surface area contributed by atoms with Gasteiger partial charge in [0.2, 0.25) is 5.91 Å². The Morgan fingerprint density at radius 1 is 1.33 bits per heavy atom. The van der Waals surface area contributed by atoms with Crippen LogP contribution >= 0.6 is 11.8 Å². The number of hydrogen-bond acceptors (Lipinski definition) is 5. The molecule has 5 nitrogen and oxygen atoms in total. The van der Waals surface area contributed by atoms with Crippen molar-refractivity contribution in [2.75, 3.05) is 5.32 Å². The van der Waals surface area contributed by atoms with Crippen LogP contribution in [-0.2, 0) is 4.79 Å². The van der Waals surface area contributed by atoms with Crippen LogP contribution < -0.4 is 11.1 Å². The summed E-state index contributed by atoms with van der Waals surface area (Å²) in [5, 5.41) is 3.62. The predicted molar refractivity (Wildman–Crippen MR) is 68.2 cm³/mol. The fourth-order valence-corrected chi connectivity index (χ4v) is 2.57. The van der Waals surface area contributed by atoms with Gasteiger partial charge in [-0.15, -0.1) is 0 Å². The van der Waals surface area contributed by atoms with E-state index in [-0.39, 0.29) is 5.91 Å². The molecule has 1 amide bonds. The molecule has 0 aliphatic carbocycles. The van der Waals surface area contributed by atoms with E-state index in [0.29, 0.717) is 0 Å². The number of carbonyl (C=O) groups excluding carboxylic acids is 1. The topological polar surface area (TPSA) is 80.9 Å². The van der Waals surface area contributed by atoms with Crippen LogP contribution in [0.2, 0.25) is 0 Å². The van der Waals surface area contributed by atoms with Gasteiger partial charge in [0.1, 0.15) is 17.4 Å². The number of amides is 1. The van der Waals surface area contributed by atoms with E-state index in [1.165, 1.54) is 18.1 Å². The summed E-state index contributed by atoms with van der Waals surface area (Å²) in [6, 6.07) is 7.00. The van der Waals surface area contributed by atoms with Gasteiger partial charge in [-0.25, -0.2) is 9.97 Å². The van der Waals surface area contributed by atoms with Crippen molar-refractivity contribution in [2.24, 2.45) is 5.73 Å². The third kappa shape index (κ3) is 1.96. The molecule has 1 aliphatic rings. The molecule has 1 aromatic carbocycles. The van der Waals surface area contributed by atoms with Gasteiger partial charge in [0.15, 0.2) is 0 Å². The average molecular weight is 258 g/mol. The summed E-state index contributed by atoms with van der Waals surface area (Å²) in [7, 11) is 0. The van der Waals surface area contributed by atoms with Gasteiger partial charge < -0.3 is 11.1 Å². The number of fused-ring (bicyclic) bond motifs is 1. The van der Waals surface area contributed by atoms with Crippen molar-refractivity contribution in [3.8, 4) is 0 Å². The summed E-state index contributed by atoms with van der Waals surface area (Å²) >= 11 is 1.51. The predicted octanol–water partition coefficient (Wildman–Crippen LogP) is 1.58. The molecule has 0 saturated carbocycles. The van der Waals surface area contributed by atoms with Gasteiger partial charge in [0.05, 0.1) is 0 Å². The monoisotopic (exact) mass is 258 g/mol. The second-order valence-electron chi connectivity index (χ2n) is 3.87. The normalized spacial score (nSPS) is 17.4. The lowest BCUT2D eigenvalue weighted by Crippen LogP contribution is -2.19. The standard InChI is InChI=1S/C12H10N4OS/c13-11-8-2-1-7(5-9(8)16-12(11)17)18-10-3-4-14-6-15-10/h1-6,11H,13H2,(H,16,17). The first-order valence-corrected chi connectivity index (χ1v) is 6.20. The Kier molecular flexibility index (Phi) is 2.73. The van der Waals surface area contributed by atoms with Crippen LogP contribution in [0.4, 0.5) is 5.69 Å². The summed E-state index contributed by atoms with van der Waals surface area (Å²) in [4.78, 5) is 20.4. The van der Waals surface area contributed by atoms with Gasteiger partial charge in [0.25, 0.3) is 0 Å². The van der Waals surface area contributed by atoms with Gasteiger partial charge in [-0.2, -0.15) is 0 Å². The summed E-state index contributed by atoms with van der Waals surface area (Å²) in [5.74, 6) is -0.158. The highest BCUT2D eigenvalue weighted by Crippen LogP contribution is 2.34. The van der Waals surface area contributed by atoms with Crippen molar-refractivity contribution in [3.05, 3.63) is 42.4 Å². The zero-order chi connectivity index (χ0) is 12.5. The average Bonchev–Trinajstić information content (AvgIpc) is 2.66. The van der Waals surface area contributed by atoms with Crippen molar-refractivity contribution >= 4 is 23.4 Å². The molecule has 1 unspecified atom stereocenters. The molecule has 2 heterocycles. The summed E-state index contributed by atoms with van der Waals surface area (Å²) in [6.07, 6.45) is 3.20. The maximum Gasteiger partial charge on any atom is 0.245 e. The first-order chi connectivity index (χ1) is 8.74. The number of anilines is 1. The maximum atomic E-state index is 11.4. The molecule has 18 heavy (non-hydrogen) atoms. The molecule has 3 rings (SSSR count). The van der Waals surface area contributed by atoms with Crippen LogP contribution in [0.1, 0.15) is 11.6 Å². The summed E-state index contributed by atoms with van der Waals surface area (Å²) in [6.45, 7) is 0. The Labute approximate surface area is 108 Å². The highest BCUT2D eigenvalue weighted by molar-refractivity contribution is 7.99. The smallest absolute Gasteiger partial charge is 0.245 e. The molecule has 1 aliphatic heterocycles.